The third kappa shape index (κ3) is 11.2. The van der Waals surface area contributed by atoms with Gasteiger partial charge in [-0.05, 0) is 59.6 Å². The number of benzene rings is 1. The van der Waals surface area contributed by atoms with Crippen LogP contribution in [0, 0.1) is 6.92 Å². The predicted molar refractivity (Wildman–Crippen MR) is 110 cm³/mol. The molecule has 0 spiro atoms. The van der Waals surface area contributed by atoms with E-state index in [1.165, 1.54) is 5.56 Å². The van der Waals surface area contributed by atoms with E-state index in [2.05, 4.69) is 62.4 Å². The first-order chi connectivity index (χ1) is 10.4. The Hall–Kier alpha value is -0.980. The van der Waals surface area contributed by atoms with Crippen LogP contribution in [0.25, 0.3) is 0 Å². The van der Waals surface area contributed by atoms with Gasteiger partial charge in [-0.25, -0.2) is 0 Å². The topological polar surface area (TPSA) is 45.7 Å². The third-order valence-corrected chi connectivity index (χ3v) is 2.95. The van der Waals surface area contributed by atoms with Gasteiger partial charge < -0.3 is 15.4 Å². The van der Waals surface area contributed by atoms with Gasteiger partial charge in [0, 0.05) is 18.6 Å². The molecule has 0 atom stereocenters. The Morgan fingerprint density at radius 3 is 2.35 bits per heavy atom. The van der Waals surface area contributed by atoms with Crippen LogP contribution in [-0.4, -0.2) is 31.2 Å². The number of nitrogens with one attached hydrogen (secondary N) is 2. The molecule has 0 saturated carbocycles. The van der Waals surface area contributed by atoms with Gasteiger partial charge in [0.15, 0.2) is 5.96 Å². The van der Waals surface area contributed by atoms with Crippen LogP contribution in [0.15, 0.2) is 29.3 Å². The van der Waals surface area contributed by atoms with E-state index in [4.69, 9.17) is 4.74 Å². The molecule has 0 radical (unpaired) electrons. The van der Waals surface area contributed by atoms with Crippen molar-refractivity contribution >= 4 is 29.9 Å². The zero-order valence-corrected chi connectivity index (χ0v) is 17.4. The summed E-state index contributed by atoms with van der Waals surface area (Å²) < 4.78 is 5.72. The van der Waals surface area contributed by atoms with Crippen molar-refractivity contribution in [3.63, 3.8) is 0 Å². The zero-order valence-electron chi connectivity index (χ0n) is 15.1. The molecule has 23 heavy (non-hydrogen) atoms. The van der Waals surface area contributed by atoms with Crippen LogP contribution in [0.5, 0.6) is 5.75 Å². The maximum atomic E-state index is 5.72. The van der Waals surface area contributed by atoms with E-state index < -0.39 is 0 Å². The van der Waals surface area contributed by atoms with Crippen LogP contribution in [0.3, 0.4) is 0 Å². The summed E-state index contributed by atoms with van der Waals surface area (Å²) in [6, 6.07) is 8.18. The highest BCUT2D eigenvalue weighted by atomic mass is 127. The highest BCUT2D eigenvalue weighted by molar-refractivity contribution is 14.0. The number of nitrogens with zero attached hydrogens (tertiary/aromatic N) is 1. The number of unbranched alkanes of at least 4 members (excludes halogenated alkanes) is 1. The average Bonchev–Trinajstić information content (AvgIpc) is 2.43. The average molecular weight is 433 g/mol. The number of guanidine groups is 1. The quantitative estimate of drug-likeness (QED) is 0.294. The van der Waals surface area contributed by atoms with Gasteiger partial charge in [0.25, 0.3) is 0 Å². The van der Waals surface area contributed by atoms with E-state index in [9.17, 15) is 0 Å². The predicted octanol–water partition coefficient (Wildman–Crippen LogP) is 4.13. The van der Waals surface area contributed by atoms with Gasteiger partial charge in [0.2, 0.25) is 0 Å². The molecular weight excluding hydrogens is 401 g/mol. The Labute approximate surface area is 158 Å². The number of halogens is 1. The number of hydrogen-bond acceptors (Lipinski definition) is 2. The van der Waals surface area contributed by atoms with Crippen molar-refractivity contribution in [2.24, 2.45) is 4.99 Å². The Morgan fingerprint density at radius 1 is 1.13 bits per heavy atom. The molecule has 5 heteroatoms. The van der Waals surface area contributed by atoms with E-state index in [0.29, 0.717) is 0 Å². The molecule has 1 rings (SSSR count). The summed E-state index contributed by atoms with van der Waals surface area (Å²) in [6.45, 7) is 13.0. The molecule has 0 fully saturated rings. The molecule has 0 bridgehead atoms. The Balaban J connectivity index is 0.00000484. The fraction of sp³-hybridized carbons (Fsp3) is 0.611. The maximum Gasteiger partial charge on any atom is 0.191 e. The van der Waals surface area contributed by atoms with Gasteiger partial charge in [-0.15, -0.1) is 24.0 Å². The molecular formula is C18H32IN3O. The second kappa shape index (κ2) is 11.5. The summed E-state index contributed by atoms with van der Waals surface area (Å²) >= 11 is 0. The molecule has 0 aliphatic rings. The Kier molecular flexibility index (Phi) is 11.0. The summed E-state index contributed by atoms with van der Waals surface area (Å²) in [7, 11) is 0. The van der Waals surface area contributed by atoms with Crippen molar-refractivity contribution in [3.05, 3.63) is 29.8 Å². The summed E-state index contributed by atoms with van der Waals surface area (Å²) in [5.41, 5.74) is 1.28. The van der Waals surface area contributed by atoms with E-state index >= 15 is 0 Å². The van der Waals surface area contributed by atoms with Gasteiger partial charge in [-0.3, -0.25) is 4.99 Å². The van der Waals surface area contributed by atoms with E-state index in [-0.39, 0.29) is 29.5 Å². The second-order valence-electron chi connectivity index (χ2n) is 6.50. The Morgan fingerprint density at radius 2 is 1.78 bits per heavy atom. The molecule has 1 aromatic carbocycles. The zero-order chi connectivity index (χ0) is 16.4. The molecule has 0 aliphatic carbocycles. The van der Waals surface area contributed by atoms with Crippen molar-refractivity contribution in [2.75, 3.05) is 19.7 Å². The lowest BCUT2D eigenvalue weighted by Crippen LogP contribution is -2.47. The summed E-state index contributed by atoms with van der Waals surface area (Å²) in [6.07, 6.45) is 2.03. The minimum absolute atomic E-state index is 0. The van der Waals surface area contributed by atoms with Crippen molar-refractivity contribution < 1.29 is 4.74 Å². The summed E-state index contributed by atoms with van der Waals surface area (Å²) in [4.78, 5) is 4.59. The molecule has 0 unspecified atom stereocenters. The van der Waals surface area contributed by atoms with Crippen molar-refractivity contribution in [1.82, 2.24) is 10.6 Å². The second-order valence-corrected chi connectivity index (χ2v) is 6.50. The third-order valence-electron chi connectivity index (χ3n) is 2.95. The normalized spacial score (nSPS) is 11.6. The Bertz CT molecular complexity index is 452. The SMILES string of the molecule is CCNC(=NCCCCOc1ccc(C)cc1)NC(C)(C)C.I. The number of ether oxygens (including phenoxy) is 1. The lowest BCUT2D eigenvalue weighted by atomic mass is 10.1. The molecule has 1 aromatic rings. The molecule has 4 nitrogen and oxygen atoms in total. The highest BCUT2D eigenvalue weighted by Gasteiger charge is 2.11. The van der Waals surface area contributed by atoms with Crippen LogP contribution in [0.4, 0.5) is 0 Å². The standard InChI is InChI=1S/C18H31N3O.HI/c1-6-19-17(21-18(3,4)5)20-13-7-8-14-22-16-11-9-15(2)10-12-16;/h9-12H,6-8,13-14H2,1-5H3,(H2,19,20,21);1H. The molecule has 0 amide bonds. The van der Waals surface area contributed by atoms with Crippen LogP contribution in [-0.2, 0) is 0 Å². The number of aliphatic imine (C=N–C) groups is 1. The minimum atomic E-state index is 0. The lowest BCUT2D eigenvalue weighted by Gasteiger charge is -2.23. The van der Waals surface area contributed by atoms with Gasteiger partial charge in [0.1, 0.15) is 5.75 Å². The smallest absolute Gasteiger partial charge is 0.191 e. The fourth-order valence-corrected chi connectivity index (χ4v) is 1.89. The van der Waals surface area contributed by atoms with E-state index in [1.54, 1.807) is 0 Å². The van der Waals surface area contributed by atoms with Gasteiger partial charge in [0.05, 0.1) is 6.61 Å². The maximum absolute atomic E-state index is 5.72. The largest absolute Gasteiger partial charge is 0.494 e. The highest BCUT2D eigenvalue weighted by Crippen LogP contribution is 2.11. The van der Waals surface area contributed by atoms with Crippen LogP contribution < -0.4 is 15.4 Å². The first kappa shape index (κ1) is 22.0. The van der Waals surface area contributed by atoms with E-state index in [1.807, 2.05) is 12.1 Å². The van der Waals surface area contributed by atoms with Gasteiger partial charge in [-0.2, -0.15) is 0 Å². The molecule has 132 valence electrons. The molecule has 0 saturated heterocycles. The molecule has 2 N–H and O–H groups in total. The first-order valence-corrected chi connectivity index (χ1v) is 8.16. The van der Waals surface area contributed by atoms with Gasteiger partial charge in [-0.1, -0.05) is 17.7 Å². The fourth-order valence-electron chi connectivity index (χ4n) is 1.89. The first-order valence-electron chi connectivity index (χ1n) is 8.16. The van der Waals surface area contributed by atoms with E-state index in [0.717, 1.165) is 44.2 Å². The van der Waals surface area contributed by atoms with Gasteiger partial charge >= 0.3 is 0 Å². The lowest BCUT2D eigenvalue weighted by molar-refractivity contribution is 0.308. The van der Waals surface area contributed by atoms with Crippen LogP contribution in [0.2, 0.25) is 0 Å². The number of hydrogen-bond donors (Lipinski definition) is 2. The van der Waals surface area contributed by atoms with Crippen molar-refractivity contribution in [2.45, 2.75) is 53.0 Å². The molecule has 0 aromatic heterocycles. The van der Waals surface area contributed by atoms with Crippen molar-refractivity contribution in [3.8, 4) is 5.75 Å². The summed E-state index contributed by atoms with van der Waals surface area (Å²) in [5, 5.41) is 6.66. The summed E-state index contributed by atoms with van der Waals surface area (Å²) in [5.74, 6) is 1.83. The van der Waals surface area contributed by atoms with Crippen LogP contribution in [0.1, 0.15) is 46.1 Å². The molecule has 0 aliphatic heterocycles. The molecule has 0 heterocycles. The van der Waals surface area contributed by atoms with Crippen LogP contribution >= 0.6 is 24.0 Å². The van der Waals surface area contributed by atoms with Crippen molar-refractivity contribution in [1.29, 1.82) is 0 Å². The monoisotopic (exact) mass is 433 g/mol. The number of rotatable bonds is 7. The minimum Gasteiger partial charge on any atom is -0.494 e. The number of aryl methyl sites for hydroxylation is 1.